The van der Waals surface area contributed by atoms with Crippen molar-refractivity contribution >= 4 is 0 Å². The van der Waals surface area contributed by atoms with E-state index >= 15 is 0 Å². The highest BCUT2D eigenvalue weighted by atomic mass is 16.5. The maximum absolute atomic E-state index is 4.99. The van der Waals surface area contributed by atoms with Crippen molar-refractivity contribution < 1.29 is 4.74 Å². The average molecular weight is 244 g/mol. The summed E-state index contributed by atoms with van der Waals surface area (Å²) in [6.45, 7) is 0. The van der Waals surface area contributed by atoms with Gasteiger partial charge in [-0.1, -0.05) is 6.07 Å². The summed E-state index contributed by atoms with van der Waals surface area (Å²) in [6.07, 6.45) is 2.57. The number of ether oxygens (including phenoxy) is 1. The summed E-state index contributed by atoms with van der Waals surface area (Å²) >= 11 is 0. The monoisotopic (exact) mass is 244 g/mol. The van der Waals surface area contributed by atoms with Crippen LogP contribution >= 0.6 is 0 Å². The SMILES string of the molecule is CNC(Cc1ccccn1)c1ccc(OC)nn1. The van der Waals surface area contributed by atoms with E-state index in [1.54, 1.807) is 13.3 Å². The zero-order valence-electron chi connectivity index (χ0n) is 10.5. The number of nitrogens with zero attached hydrogens (tertiary/aromatic N) is 3. The topological polar surface area (TPSA) is 59.9 Å². The van der Waals surface area contributed by atoms with Gasteiger partial charge in [0.05, 0.1) is 18.8 Å². The van der Waals surface area contributed by atoms with E-state index in [1.807, 2.05) is 37.4 Å². The van der Waals surface area contributed by atoms with Gasteiger partial charge in [0.2, 0.25) is 5.88 Å². The lowest BCUT2D eigenvalue weighted by molar-refractivity contribution is 0.389. The van der Waals surface area contributed by atoms with Crippen LogP contribution in [0.1, 0.15) is 17.4 Å². The summed E-state index contributed by atoms with van der Waals surface area (Å²) in [5.74, 6) is 0.520. The molecule has 2 aromatic rings. The van der Waals surface area contributed by atoms with Crippen LogP contribution < -0.4 is 10.1 Å². The van der Waals surface area contributed by atoms with Crippen LogP contribution in [0.2, 0.25) is 0 Å². The van der Waals surface area contributed by atoms with E-state index in [2.05, 4.69) is 20.5 Å². The molecule has 2 aromatic heterocycles. The van der Waals surface area contributed by atoms with Crippen LogP contribution in [0.3, 0.4) is 0 Å². The number of aromatic nitrogens is 3. The van der Waals surface area contributed by atoms with Crippen LogP contribution in [0.5, 0.6) is 5.88 Å². The van der Waals surface area contributed by atoms with E-state index in [4.69, 9.17) is 4.74 Å². The second kappa shape index (κ2) is 6.07. The van der Waals surface area contributed by atoms with E-state index < -0.39 is 0 Å². The molecule has 1 atom stereocenters. The van der Waals surface area contributed by atoms with Crippen LogP contribution in [-0.2, 0) is 6.42 Å². The third-order valence-electron chi connectivity index (χ3n) is 2.71. The second-order valence-electron chi connectivity index (χ2n) is 3.87. The molecule has 0 amide bonds. The number of hydrogen-bond acceptors (Lipinski definition) is 5. The largest absolute Gasteiger partial charge is 0.480 e. The van der Waals surface area contributed by atoms with Crippen molar-refractivity contribution in [3.05, 3.63) is 47.9 Å². The first-order chi connectivity index (χ1) is 8.83. The third kappa shape index (κ3) is 3.01. The Hall–Kier alpha value is -2.01. The molecular formula is C13H16N4O. The maximum Gasteiger partial charge on any atom is 0.233 e. The van der Waals surface area contributed by atoms with Gasteiger partial charge < -0.3 is 10.1 Å². The highest BCUT2D eigenvalue weighted by Gasteiger charge is 2.12. The Morgan fingerprint density at radius 1 is 1.22 bits per heavy atom. The van der Waals surface area contributed by atoms with Crippen molar-refractivity contribution in [1.29, 1.82) is 0 Å². The van der Waals surface area contributed by atoms with Gasteiger partial charge in [-0.15, -0.1) is 5.10 Å². The normalized spacial score (nSPS) is 12.1. The second-order valence-corrected chi connectivity index (χ2v) is 3.87. The zero-order valence-corrected chi connectivity index (χ0v) is 10.5. The van der Waals surface area contributed by atoms with Gasteiger partial charge in [0, 0.05) is 24.4 Å². The molecule has 5 heteroatoms. The van der Waals surface area contributed by atoms with Crippen LogP contribution in [0.4, 0.5) is 0 Å². The van der Waals surface area contributed by atoms with Crippen molar-refractivity contribution in [1.82, 2.24) is 20.5 Å². The Kier molecular flexibility index (Phi) is 4.20. The van der Waals surface area contributed by atoms with Gasteiger partial charge in [-0.3, -0.25) is 4.98 Å². The van der Waals surface area contributed by atoms with Crippen molar-refractivity contribution in [2.75, 3.05) is 14.2 Å². The number of rotatable bonds is 5. The highest BCUT2D eigenvalue weighted by Crippen LogP contribution is 2.15. The van der Waals surface area contributed by atoms with E-state index in [1.165, 1.54) is 0 Å². The van der Waals surface area contributed by atoms with Gasteiger partial charge in [0.15, 0.2) is 0 Å². The summed E-state index contributed by atoms with van der Waals surface area (Å²) in [5.41, 5.74) is 1.90. The Labute approximate surface area is 106 Å². The lowest BCUT2D eigenvalue weighted by atomic mass is 10.1. The highest BCUT2D eigenvalue weighted by molar-refractivity contribution is 5.16. The molecule has 94 valence electrons. The molecule has 5 nitrogen and oxygen atoms in total. The summed E-state index contributed by atoms with van der Waals surface area (Å²) < 4.78 is 4.99. The molecule has 0 aliphatic carbocycles. The van der Waals surface area contributed by atoms with E-state index in [0.29, 0.717) is 5.88 Å². The molecule has 0 aromatic carbocycles. The van der Waals surface area contributed by atoms with Crippen LogP contribution in [0, 0.1) is 0 Å². The fourth-order valence-electron chi connectivity index (χ4n) is 1.71. The van der Waals surface area contributed by atoms with Gasteiger partial charge in [0.25, 0.3) is 0 Å². The molecule has 0 aliphatic heterocycles. The standard InChI is InChI=1S/C13H16N4O/c1-14-12(9-10-5-3-4-8-15-10)11-6-7-13(18-2)17-16-11/h3-8,12,14H,9H2,1-2H3. The van der Waals surface area contributed by atoms with Crippen molar-refractivity contribution in [2.45, 2.75) is 12.5 Å². The molecule has 0 aliphatic rings. The fraction of sp³-hybridized carbons (Fsp3) is 0.308. The first kappa shape index (κ1) is 12.4. The predicted molar refractivity (Wildman–Crippen MR) is 68.3 cm³/mol. The molecule has 0 saturated carbocycles. The number of nitrogens with one attached hydrogen (secondary N) is 1. The molecule has 0 spiro atoms. The quantitative estimate of drug-likeness (QED) is 0.861. The lowest BCUT2D eigenvalue weighted by Crippen LogP contribution is -2.20. The Morgan fingerprint density at radius 2 is 2.11 bits per heavy atom. The van der Waals surface area contributed by atoms with Crippen molar-refractivity contribution in [3.63, 3.8) is 0 Å². The van der Waals surface area contributed by atoms with Gasteiger partial charge >= 0.3 is 0 Å². The molecule has 2 rings (SSSR count). The lowest BCUT2D eigenvalue weighted by Gasteiger charge is -2.14. The van der Waals surface area contributed by atoms with Crippen LogP contribution in [0.15, 0.2) is 36.5 Å². The number of likely N-dealkylation sites (N-methyl/N-ethyl adjacent to an activating group) is 1. The number of methoxy groups -OCH3 is 1. The molecular weight excluding hydrogens is 228 g/mol. The molecule has 18 heavy (non-hydrogen) atoms. The van der Waals surface area contributed by atoms with Gasteiger partial charge in [-0.2, -0.15) is 5.10 Å². The summed E-state index contributed by atoms with van der Waals surface area (Å²) in [7, 11) is 3.48. The Balaban J connectivity index is 2.12. The number of hydrogen-bond donors (Lipinski definition) is 1. The molecule has 2 heterocycles. The number of pyridine rings is 1. The van der Waals surface area contributed by atoms with Gasteiger partial charge in [0.1, 0.15) is 0 Å². The average Bonchev–Trinajstić information content (AvgIpc) is 2.46. The molecule has 0 saturated heterocycles. The van der Waals surface area contributed by atoms with E-state index in [0.717, 1.165) is 17.8 Å². The van der Waals surface area contributed by atoms with Crippen molar-refractivity contribution in [2.24, 2.45) is 0 Å². The summed E-state index contributed by atoms with van der Waals surface area (Å²) in [5, 5.41) is 11.3. The minimum atomic E-state index is 0.0957. The molecule has 0 radical (unpaired) electrons. The summed E-state index contributed by atoms with van der Waals surface area (Å²) in [6, 6.07) is 9.71. The first-order valence-electron chi connectivity index (χ1n) is 5.78. The predicted octanol–water partition coefficient (Wildman–Crippen LogP) is 1.38. The van der Waals surface area contributed by atoms with Crippen LogP contribution in [-0.4, -0.2) is 29.3 Å². The Bertz CT molecular complexity index is 472. The Morgan fingerprint density at radius 3 is 2.67 bits per heavy atom. The molecule has 1 N–H and O–H groups in total. The smallest absolute Gasteiger partial charge is 0.233 e. The van der Waals surface area contributed by atoms with Gasteiger partial charge in [-0.05, 0) is 25.2 Å². The maximum atomic E-state index is 4.99. The fourth-order valence-corrected chi connectivity index (χ4v) is 1.71. The van der Waals surface area contributed by atoms with Gasteiger partial charge in [-0.25, -0.2) is 0 Å². The minimum absolute atomic E-state index is 0.0957. The molecule has 0 bridgehead atoms. The molecule has 1 unspecified atom stereocenters. The van der Waals surface area contributed by atoms with E-state index in [9.17, 15) is 0 Å². The zero-order chi connectivity index (χ0) is 12.8. The van der Waals surface area contributed by atoms with Crippen molar-refractivity contribution in [3.8, 4) is 5.88 Å². The van der Waals surface area contributed by atoms with E-state index in [-0.39, 0.29) is 6.04 Å². The minimum Gasteiger partial charge on any atom is -0.480 e. The first-order valence-corrected chi connectivity index (χ1v) is 5.78. The molecule has 0 fully saturated rings. The van der Waals surface area contributed by atoms with Crippen LogP contribution in [0.25, 0.3) is 0 Å². The third-order valence-corrected chi connectivity index (χ3v) is 2.71. The summed E-state index contributed by atoms with van der Waals surface area (Å²) in [4.78, 5) is 4.31.